The fourth-order valence-electron chi connectivity index (χ4n) is 3.88. The molecule has 6 nitrogen and oxygen atoms in total. The summed E-state index contributed by atoms with van der Waals surface area (Å²) in [4.78, 5) is 38.0. The summed E-state index contributed by atoms with van der Waals surface area (Å²) in [6, 6.07) is 5.79. The number of esters is 1. The Balaban J connectivity index is 1.78. The van der Waals surface area contributed by atoms with Crippen molar-refractivity contribution in [1.82, 2.24) is 10.2 Å². The summed E-state index contributed by atoms with van der Waals surface area (Å²) in [7, 11) is 1.20. The average molecular weight is 368 g/mol. The van der Waals surface area contributed by atoms with Crippen molar-refractivity contribution in [3.8, 4) is 0 Å². The SMILES string of the molecule is C=C(NC(=O)C(=C)N1Cc2c(cccc2C2CCCCC2)C1=O)C(=O)OC. The zero-order valence-electron chi connectivity index (χ0n) is 15.5. The molecule has 0 atom stereocenters. The number of amides is 2. The third-order valence-electron chi connectivity index (χ3n) is 5.33. The Morgan fingerprint density at radius 3 is 2.56 bits per heavy atom. The van der Waals surface area contributed by atoms with E-state index in [9.17, 15) is 14.4 Å². The number of nitrogens with zero attached hydrogens (tertiary/aromatic N) is 1. The quantitative estimate of drug-likeness (QED) is 0.640. The average Bonchev–Trinajstić information content (AvgIpc) is 3.04. The highest BCUT2D eigenvalue weighted by atomic mass is 16.5. The predicted octanol–water partition coefficient (Wildman–Crippen LogP) is 3.01. The molecule has 0 aromatic heterocycles. The van der Waals surface area contributed by atoms with Crippen LogP contribution >= 0.6 is 0 Å². The van der Waals surface area contributed by atoms with Gasteiger partial charge in [-0.2, -0.15) is 0 Å². The molecule has 1 aromatic carbocycles. The lowest BCUT2D eigenvalue weighted by molar-refractivity contribution is -0.137. The van der Waals surface area contributed by atoms with Crippen molar-refractivity contribution in [2.24, 2.45) is 0 Å². The van der Waals surface area contributed by atoms with Gasteiger partial charge < -0.3 is 10.1 Å². The van der Waals surface area contributed by atoms with E-state index in [-0.39, 0.29) is 17.3 Å². The van der Waals surface area contributed by atoms with Crippen LogP contribution in [0.25, 0.3) is 0 Å². The third kappa shape index (κ3) is 3.65. The Hall–Kier alpha value is -2.89. The summed E-state index contributed by atoms with van der Waals surface area (Å²) in [5, 5.41) is 2.33. The smallest absolute Gasteiger partial charge is 0.353 e. The summed E-state index contributed by atoms with van der Waals surface area (Å²) < 4.78 is 4.51. The van der Waals surface area contributed by atoms with Gasteiger partial charge >= 0.3 is 5.97 Å². The van der Waals surface area contributed by atoms with Crippen LogP contribution in [0.3, 0.4) is 0 Å². The maximum absolute atomic E-state index is 12.8. The molecule has 0 radical (unpaired) electrons. The molecule has 6 heteroatoms. The van der Waals surface area contributed by atoms with Crippen molar-refractivity contribution >= 4 is 17.8 Å². The van der Waals surface area contributed by atoms with Gasteiger partial charge in [-0.25, -0.2) is 4.79 Å². The normalized spacial score (nSPS) is 16.6. The fraction of sp³-hybridized carbons (Fsp3) is 0.381. The van der Waals surface area contributed by atoms with Crippen molar-refractivity contribution in [3.63, 3.8) is 0 Å². The number of nitrogens with one attached hydrogen (secondary N) is 1. The first-order valence-corrected chi connectivity index (χ1v) is 9.15. The number of rotatable bonds is 5. The van der Waals surface area contributed by atoms with Crippen LogP contribution in [0, 0.1) is 0 Å². The van der Waals surface area contributed by atoms with Crippen LogP contribution < -0.4 is 5.32 Å². The second-order valence-electron chi connectivity index (χ2n) is 6.97. The van der Waals surface area contributed by atoms with Gasteiger partial charge in [0.15, 0.2) is 0 Å². The Kier molecular flexibility index (Phi) is 5.44. The number of carbonyl (C=O) groups excluding carboxylic acids is 3. The van der Waals surface area contributed by atoms with Crippen molar-refractivity contribution < 1.29 is 19.1 Å². The minimum absolute atomic E-state index is 0.0177. The molecule has 0 bridgehead atoms. The van der Waals surface area contributed by atoms with Crippen molar-refractivity contribution in [2.75, 3.05) is 7.11 Å². The number of ether oxygens (including phenoxy) is 1. The summed E-state index contributed by atoms with van der Waals surface area (Å²) >= 11 is 0. The van der Waals surface area contributed by atoms with Crippen LogP contribution in [0.1, 0.15) is 59.5 Å². The van der Waals surface area contributed by atoms with Crippen molar-refractivity contribution in [2.45, 2.75) is 44.6 Å². The van der Waals surface area contributed by atoms with E-state index >= 15 is 0 Å². The lowest BCUT2D eigenvalue weighted by Gasteiger charge is -2.24. The predicted molar refractivity (Wildman–Crippen MR) is 101 cm³/mol. The standard InChI is InChI=1S/C21H24N2O4/c1-13(21(26)27-3)22-19(24)14(2)23-12-18-16(15-8-5-4-6-9-15)10-7-11-17(18)20(23)25/h7,10-11,15H,1-2,4-6,8-9,12H2,3H3,(H,22,24). The van der Waals surface area contributed by atoms with Crippen LogP contribution in [0.5, 0.6) is 0 Å². The van der Waals surface area contributed by atoms with Gasteiger partial charge in [0.1, 0.15) is 11.4 Å². The zero-order chi connectivity index (χ0) is 19.6. The fourth-order valence-corrected chi connectivity index (χ4v) is 3.88. The van der Waals surface area contributed by atoms with E-state index in [1.54, 1.807) is 6.07 Å². The first-order chi connectivity index (χ1) is 12.9. The van der Waals surface area contributed by atoms with Gasteiger partial charge in [-0.1, -0.05) is 44.6 Å². The lowest BCUT2D eigenvalue weighted by Crippen LogP contribution is -2.36. The molecule has 1 aliphatic carbocycles. The van der Waals surface area contributed by atoms with Crippen LogP contribution in [0.15, 0.2) is 42.8 Å². The van der Waals surface area contributed by atoms with Gasteiger partial charge in [0.2, 0.25) is 0 Å². The molecule has 3 rings (SSSR count). The first-order valence-electron chi connectivity index (χ1n) is 9.15. The molecule has 0 saturated heterocycles. The van der Waals surface area contributed by atoms with Crippen molar-refractivity contribution in [3.05, 3.63) is 59.4 Å². The maximum Gasteiger partial charge on any atom is 0.353 e. The van der Waals surface area contributed by atoms with Gasteiger partial charge in [-0.05, 0) is 36.0 Å². The molecule has 0 spiro atoms. The topological polar surface area (TPSA) is 75.7 Å². The highest BCUT2D eigenvalue weighted by molar-refractivity contribution is 6.07. The van der Waals surface area contributed by atoms with Gasteiger partial charge in [0.25, 0.3) is 11.8 Å². The Morgan fingerprint density at radius 1 is 1.19 bits per heavy atom. The molecule has 1 N–H and O–H groups in total. The van der Waals surface area contributed by atoms with Crippen LogP contribution in [-0.4, -0.2) is 29.8 Å². The summed E-state index contributed by atoms with van der Waals surface area (Å²) in [6.07, 6.45) is 5.93. The molecular formula is C21H24N2O4. The van der Waals surface area contributed by atoms with Gasteiger partial charge in [-0.15, -0.1) is 0 Å². The van der Waals surface area contributed by atoms with E-state index < -0.39 is 11.9 Å². The van der Waals surface area contributed by atoms with E-state index in [2.05, 4.69) is 29.3 Å². The number of fused-ring (bicyclic) bond motifs is 1. The molecule has 0 unspecified atom stereocenters. The molecule has 1 saturated carbocycles. The van der Waals surface area contributed by atoms with E-state index in [0.29, 0.717) is 18.0 Å². The zero-order valence-corrected chi connectivity index (χ0v) is 15.5. The van der Waals surface area contributed by atoms with E-state index in [4.69, 9.17) is 0 Å². The number of benzene rings is 1. The van der Waals surface area contributed by atoms with Crippen molar-refractivity contribution in [1.29, 1.82) is 0 Å². The lowest BCUT2D eigenvalue weighted by atomic mass is 9.81. The number of carbonyl (C=O) groups is 3. The molecule has 142 valence electrons. The molecule has 1 heterocycles. The summed E-state index contributed by atoms with van der Waals surface area (Å²) in [5.74, 6) is -1.17. The second kappa shape index (κ2) is 7.78. The molecule has 1 aromatic rings. The first kappa shape index (κ1) is 18.9. The monoisotopic (exact) mass is 368 g/mol. The van der Waals surface area contributed by atoms with E-state index in [1.165, 1.54) is 36.8 Å². The summed E-state index contributed by atoms with van der Waals surface area (Å²) in [6.45, 7) is 7.52. The molecular weight excluding hydrogens is 344 g/mol. The molecule has 2 amide bonds. The number of methoxy groups -OCH3 is 1. The number of hydrogen-bond acceptors (Lipinski definition) is 4. The Labute approximate surface area is 158 Å². The molecule has 27 heavy (non-hydrogen) atoms. The largest absolute Gasteiger partial charge is 0.464 e. The minimum Gasteiger partial charge on any atom is -0.464 e. The second-order valence-corrected chi connectivity index (χ2v) is 6.97. The van der Waals surface area contributed by atoms with Crippen LogP contribution in [-0.2, 0) is 20.9 Å². The third-order valence-corrected chi connectivity index (χ3v) is 5.33. The van der Waals surface area contributed by atoms with Crippen LogP contribution in [0.4, 0.5) is 0 Å². The summed E-state index contributed by atoms with van der Waals surface area (Å²) in [5.41, 5.74) is 2.59. The molecule has 2 aliphatic rings. The Morgan fingerprint density at radius 2 is 1.89 bits per heavy atom. The van der Waals surface area contributed by atoms with E-state index in [0.717, 1.165) is 18.4 Å². The Bertz CT molecular complexity index is 821. The van der Waals surface area contributed by atoms with E-state index in [1.807, 2.05) is 6.07 Å². The highest BCUT2D eigenvalue weighted by Crippen LogP contribution is 2.38. The highest BCUT2D eigenvalue weighted by Gasteiger charge is 2.34. The maximum atomic E-state index is 12.8. The number of hydrogen-bond donors (Lipinski definition) is 1. The van der Waals surface area contributed by atoms with Gasteiger partial charge in [0, 0.05) is 5.56 Å². The molecule has 1 aliphatic heterocycles. The van der Waals surface area contributed by atoms with Gasteiger partial charge in [-0.3, -0.25) is 14.5 Å². The minimum atomic E-state index is -0.744. The molecule has 1 fully saturated rings. The van der Waals surface area contributed by atoms with Gasteiger partial charge in [0.05, 0.1) is 13.7 Å². The van der Waals surface area contributed by atoms with Crippen LogP contribution in [0.2, 0.25) is 0 Å².